The Bertz CT molecular complexity index is 980. The van der Waals surface area contributed by atoms with Crippen molar-refractivity contribution >= 4 is 37.0 Å². The second-order valence-electron chi connectivity index (χ2n) is 5.95. The summed E-state index contributed by atoms with van der Waals surface area (Å²) in [4.78, 5) is 0. The number of hydrogen-bond acceptors (Lipinski definition) is 2. The lowest BCUT2D eigenvalue weighted by Crippen LogP contribution is -2.13. The number of rotatable bonds is 3. The first-order valence-electron chi connectivity index (χ1n) is 7.83. The van der Waals surface area contributed by atoms with Crippen molar-refractivity contribution in [2.75, 3.05) is 0 Å². The lowest BCUT2D eigenvalue weighted by Gasteiger charge is -2.12. The molecule has 0 aliphatic rings. The largest absolute Gasteiger partial charge is 0.441 e. The molecule has 0 spiro atoms. The molecule has 0 bridgehead atoms. The van der Waals surface area contributed by atoms with Crippen LogP contribution in [0.2, 0.25) is 0 Å². The van der Waals surface area contributed by atoms with Crippen molar-refractivity contribution in [3.63, 3.8) is 0 Å². The van der Waals surface area contributed by atoms with Crippen molar-refractivity contribution in [1.82, 2.24) is 8.96 Å². The molecular formula is C18H16B2N2O2. The van der Waals surface area contributed by atoms with Gasteiger partial charge in [-0.25, -0.2) is 0 Å². The van der Waals surface area contributed by atoms with E-state index in [1.54, 1.807) is 8.96 Å². The first kappa shape index (κ1) is 15.1. The van der Waals surface area contributed by atoms with Crippen LogP contribution in [0.4, 0.5) is 0 Å². The van der Waals surface area contributed by atoms with Crippen molar-refractivity contribution in [3.8, 4) is 11.4 Å². The summed E-state index contributed by atoms with van der Waals surface area (Å²) in [5, 5.41) is 21.9. The molecule has 2 aromatic heterocycles. The zero-order valence-electron chi connectivity index (χ0n) is 13.6. The van der Waals surface area contributed by atoms with E-state index in [0.29, 0.717) is 0 Å². The Labute approximate surface area is 141 Å². The van der Waals surface area contributed by atoms with E-state index < -0.39 is 0 Å². The predicted molar refractivity (Wildman–Crippen MR) is 99.1 cm³/mol. The molecule has 0 aliphatic heterocycles. The second-order valence-corrected chi connectivity index (χ2v) is 5.95. The minimum atomic E-state index is 0.873. The van der Waals surface area contributed by atoms with E-state index in [1.807, 2.05) is 62.4 Å². The molecule has 0 fully saturated rings. The second kappa shape index (κ2) is 5.58. The molecule has 116 valence electrons. The molecule has 4 rings (SSSR count). The Morgan fingerprint density at radius 3 is 1.42 bits per heavy atom. The number of aryl methyl sites for hydroxylation is 2. The molecule has 24 heavy (non-hydrogen) atoms. The van der Waals surface area contributed by atoms with Gasteiger partial charge in [0.2, 0.25) is 0 Å². The third-order valence-electron chi connectivity index (χ3n) is 4.78. The van der Waals surface area contributed by atoms with Gasteiger partial charge in [-0.05, 0) is 37.1 Å². The van der Waals surface area contributed by atoms with Crippen LogP contribution in [0.5, 0.6) is 0 Å². The molecule has 2 aromatic carbocycles. The summed E-state index contributed by atoms with van der Waals surface area (Å²) < 4.78 is 3.54. The van der Waals surface area contributed by atoms with Gasteiger partial charge in [0.15, 0.2) is 0 Å². The van der Waals surface area contributed by atoms with Crippen LogP contribution < -0.4 is 0 Å². The highest BCUT2D eigenvalue weighted by Crippen LogP contribution is 2.38. The standard InChI is InChI=1S/C18H16B2N2O2/c1-11-13-7-3-5-9-15(13)21(19-23)17(11)18-12(2)14-8-4-6-10-16(14)22(18)20-24/h3-10,23-24H,1-2H3. The van der Waals surface area contributed by atoms with Gasteiger partial charge in [-0.2, -0.15) is 0 Å². The zero-order chi connectivity index (χ0) is 16.8. The molecule has 0 aliphatic carbocycles. The van der Waals surface area contributed by atoms with Gasteiger partial charge in [0.25, 0.3) is 0 Å². The van der Waals surface area contributed by atoms with Crippen LogP contribution in [-0.4, -0.2) is 34.2 Å². The Morgan fingerprint density at radius 1 is 0.667 bits per heavy atom. The molecule has 0 atom stereocenters. The topological polar surface area (TPSA) is 50.3 Å². The average Bonchev–Trinajstić information content (AvgIpc) is 3.06. The van der Waals surface area contributed by atoms with Crippen LogP contribution >= 0.6 is 0 Å². The molecule has 4 aromatic rings. The zero-order valence-corrected chi connectivity index (χ0v) is 13.6. The quantitative estimate of drug-likeness (QED) is 0.571. The van der Waals surface area contributed by atoms with Gasteiger partial charge in [0.05, 0.1) is 11.4 Å². The number of hydrogen-bond donors (Lipinski definition) is 2. The number of nitrogens with zero attached hydrogens (tertiary/aromatic N) is 2. The third-order valence-corrected chi connectivity index (χ3v) is 4.78. The Hall–Kier alpha value is -2.43. The highest BCUT2D eigenvalue weighted by atomic mass is 16.2. The molecule has 0 saturated heterocycles. The van der Waals surface area contributed by atoms with E-state index >= 15 is 0 Å². The van der Waals surface area contributed by atoms with E-state index in [2.05, 4.69) is 0 Å². The van der Waals surface area contributed by atoms with Gasteiger partial charge in [0.1, 0.15) is 0 Å². The van der Waals surface area contributed by atoms with Crippen LogP contribution in [0.15, 0.2) is 48.5 Å². The first-order valence-corrected chi connectivity index (χ1v) is 7.83. The van der Waals surface area contributed by atoms with Crippen molar-refractivity contribution in [2.24, 2.45) is 0 Å². The Balaban J connectivity index is 2.18. The van der Waals surface area contributed by atoms with Gasteiger partial charge in [-0.3, -0.25) is 0 Å². The molecule has 6 heteroatoms. The van der Waals surface area contributed by atoms with Gasteiger partial charge in [0, 0.05) is 21.8 Å². The smallest absolute Gasteiger partial charge is 0.435 e. The van der Waals surface area contributed by atoms with E-state index in [9.17, 15) is 10.0 Å². The third kappa shape index (κ3) is 1.90. The normalized spacial score (nSPS) is 11.3. The van der Waals surface area contributed by atoms with Gasteiger partial charge >= 0.3 is 15.2 Å². The van der Waals surface area contributed by atoms with Crippen LogP contribution in [0, 0.1) is 13.8 Å². The van der Waals surface area contributed by atoms with Crippen molar-refractivity contribution in [3.05, 3.63) is 59.7 Å². The monoisotopic (exact) mass is 314 g/mol. The lowest BCUT2D eigenvalue weighted by atomic mass is 10.1. The van der Waals surface area contributed by atoms with E-state index in [4.69, 9.17) is 0 Å². The van der Waals surface area contributed by atoms with Gasteiger partial charge < -0.3 is 19.0 Å². The molecule has 2 heterocycles. The molecule has 2 N–H and O–H groups in total. The highest BCUT2D eigenvalue weighted by Gasteiger charge is 2.23. The minimum Gasteiger partial charge on any atom is -0.435 e. The number of fused-ring (bicyclic) bond motifs is 2. The maximum Gasteiger partial charge on any atom is 0.441 e. The molecule has 0 unspecified atom stereocenters. The minimum absolute atomic E-state index is 0.873. The fourth-order valence-corrected chi connectivity index (χ4v) is 3.68. The summed E-state index contributed by atoms with van der Waals surface area (Å²) in [6.45, 7) is 4.08. The number of benzene rings is 2. The predicted octanol–water partition coefficient (Wildman–Crippen LogP) is 2.63. The fourth-order valence-electron chi connectivity index (χ4n) is 3.68. The highest BCUT2D eigenvalue weighted by molar-refractivity contribution is 6.31. The molecular weight excluding hydrogens is 298 g/mol. The SMILES string of the molecule is Cc1c(-c2c(C)c3ccccc3n2[B]O)n([B]O)c2ccccc12. The molecule has 0 saturated carbocycles. The summed E-state index contributed by atoms with van der Waals surface area (Å²) in [5.74, 6) is 0. The molecule has 4 nitrogen and oxygen atoms in total. The number of para-hydroxylation sites is 2. The van der Waals surface area contributed by atoms with E-state index in [1.165, 1.54) is 0 Å². The van der Waals surface area contributed by atoms with Gasteiger partial charge in [-0.1, -0.05) is 36.4 Å². The van der Waals surface area contributed by atoms with Crippen LogP contribution in [-0.2, 0) is 0 Å². The Morgan fingerprint density at radius 2 is 1.04 bits per heavy atom. The van der Waals surface area contributed by atoms with Crippen LogP contribution in [0.1, 0.15) is 11.1 Å². The van der Waals surface area contributed by atoms with Gasteiger partial charge in [-0.15, -0.1) is 0 Å². The number of aromatic nitrogens is 2. The summed E-state index contributed by atoms with van der Waals surface area (Å²) in [5.41, 5.74) is 5.73. The summed E-state index contributed by atoms with van der Waals surface area (Å²) in [6.07, 6.45) is 0. The Kier molecular flexibility index (Phi) is 3.52. The first-order chi connectivity index (χ1) is 11.7. The fraction of sp³-hybridized carbons (Fsp3) is 0.111. The molecule has 0 amide bonds. The van der Waals surface area contributed by atoms with Crippen LogP contribution in [0.25, 0.3) is 33.2 Å². The lowest BCUT2D eigenvalue weighted by molar-refractivity contribution is 0.588. The van der Waals surface area contributed by atoms with E-state index in [-0.39, 0.29) is 0 Å². The van der Waals surface area contributed by atoms with Crippen molar-refractivity contribution in [2.45, 2.75) is 13.8 Å². The maximum absolute atomic E-state index is 9.88. The maximum atomic E-state index is 9.88. The summed E-state index contributed by atoms with van der Waals surface area (Å²) in [7, 11) is 2.17. The molecule has 2 radical (unpaired) electrons. The average molecular weight is 314 g/mol. The van der Waals surface area contributed by atoms with Crippen molar-refractivity contribution < 1.29 is 10.0 Å². The van der Waals surface area contributed by atoms with E-state index in [0.717, 1.165) is 59.6 Å². The summed E-state index contributed by atoms with van der Waals surface area (Å²) >= 11 is 0. The van der Waals surface area contributed by atoms with Crippen LogP contribution in [0.3, 0.4) is 0 Å². The van der Waals surface area contributed by atoms with Crippen molar-refractivity contribution in [1.29, 1.82) is 0 Å². The summed E-state index contributed by atoms with van der Waals surface area (Å²) in [6, 6.07) is 15.9.